The largest absolute Gasteiger partial charge is 0.842 e. The van der Waals surface area contributed by atoms with E-state index in [2.05, 4.69) is 9.97 Å². The van der Waals surface area contributed by atoms with Gasteiger partial charge >= 0.3 is 17.9 Å². The number of aromatic nitrogens is 2. The highest BCUT2D eigenvalue weighted by Crippen LogP contribution is 2.39. The molecular formula is C14H7N2O8-. The van der Waals surface area contributed by atoms with Gasteiger partial charge in [0.25, 0.3) is 0 Å². The molecule has 0 spiro atoms. The summed E-state index contributed by atoms with van der Waals surface area (Å²) in [6, 6.07) is 1.68. The highest BCUT2D eigenvalue weighted by Gasteiger charge is 2.34. The van der Waals surface area contributed by atoms with Crippen LogP contribution in [-0.4, -0.2) is 49.0 Å². The van der Waals surface area contributed by atoms with Gasteiger partial charge in [-0.3, -0.25) is 4.79 Å². The lowest BCUT2D eigenvalue weighted by Crippen LogP contribution is -2.31. The maximum atomic E-state index is 12.2. The molecule has 0 aliphatic heterocycles. The van der Waals surface area contributed by atoms with Crippen LogP contribution in [0.1, 0.15) is 53.5 Å². The first-order chi connectivity index (χ1) is 11.2. The summed E-state index contributed by atoms with van der Waals surface area (Å²) in [4.78, 5) is 51.6. The molecule has 1 aliphatic rings. The number of ketones is 1. The van der Waals surface area contributed by atoms with Crippen molar-refractivity contribution in [1.29, 1.82) is 0 Å². The number of pyridine rings is 1. The highest BCUT2D eigenvalue weighted by atomic mass is 16.4. The predicted molar refractivity (Wildman–Crippen MR) is 72.0 cm³/mol. The Morgan fingerprint density at radius 1 is 1.08 bits per heavy atom. The molecular weight excluding hydrogens is 324 g/mol. The van der Waals surface area contributed by atoms with E-state index >= 15 is 0 Å². The summed E-state index contributed by atoms with van der Waals surface area (Å²) in [6.45, 7) is 0. The van der Waals surface area contributed by atoms with Gasteiger partial charge in [-0.15, -0.1) is 0 Å². The van der Waals surface area contributed by atoms with Crippen LogP contribution in [0, 0.1) is 0 Å². The van der Waals surface area contributed by atoms with Gasteiger partial charge in [-0.1, -0.05) is 0 Å². The molecule has 0 saturated carbocycles. The minimum atomic E-state index is -2.15. The van der Waals surface area contributed by atoms with E-state index in [1.54, 1.807) is 0 Å². The summed E-state index contributed by atoms with van der Waals surface area (Å²) in [7, 11) is 0. The van der Waals surface area contributed by atoms with E-state index in [4.69, 9.17) is 10.2 Å². The Bertz CT molecular complexity index is 942. The van der Waals surface area contributed by atoms with Crippen LogP contribution in [0.2, 0.25) is 0 Å². The van der Waals surface area contributed by atoms with Gasteiger partial charge in [0.15, 0.2) is 5.78 Å². The summed E-state index contributed by atoms with van der Waals surface area (Å²) in [5, 5.41) is 39.5. The van der Waals surface area contributed by atoms with Gasteiger partial charge in [-0.25, -0.2) is 19.4 Å². The Kier molecular flexibility index (Phi) is 3.20. The molecule has 24 heavy (non-hydrogen) atoms. The first-order valence-electron chi connectivity index (χ1n) is 6.40. The number of hydrogen-bond donors (Lipinski definition) is 4. The lowest BCUT2D eigenvalue weighted by atomic mass is 9.87. The van der Waals surface area contributed by atoms with Gasteiger partial charge in [-0.05, 0) is 18.2 Å². The predicted octanol–water partition coefficient (Wildman–Crippen LogP) is -0.231. The van der Waals surface area contributed by atoms with E-state index < -0.39 is 52.4 Å². The Balaban J connectivity index is 2.41. The number of carbonyl (C=O) groups excluding carboxylic acids is 1. The molecule has 1 atom stereocenters. The quantitative estimate of drug-likeness (QED) is 0.590. The first kappa shape index (κ1) is 15.4. The SMILES string of the molecule is O=C(O)c1cc(C(=O)O)c2c(n1)C([O-])C(=O)c1cc(C(=O)O)[nH]c1-2. The van der Waals surface area contributed by atoms with Crippen molar-refractivity contribution in [2.75, 3.05) is 0 Å². The number of fused-ring (bicyclic) bond motifs is 3. The van der Waals surface area contributed by atoms with E-state index in [1.165, 1.54) is 0 Å². The minimum absolute atomic E-state index is 0.179. The normalized spacial score (nSPS) is 15.5. The second kappa shape index (κ2) is 4.99. The van der Waals surface area contributed by atoms with Crippen molar-refractivity contribution < 1.29 is 39.6 Å². The van der Waals surface area contributed by atoms with E-state index in [1.807, 2.05) is 0 Å². The van der Waals surface area contributed by atoms with E-state index in [0.717, 1.165) is 12.1 Å². The topological polar surface area (TPSA) is 181 Å². The Hall–Kier alpha value is -3.53. The fourth-order valence-electron chi connectivity index (χ4n) is 2.52. The molecule has 1 unspecified atom stereocenters. The highest BCUT2D eigenvalue weighted by molar-refractivity contribution is 6.13. The average Bonchev–Trinajstić information content (AvgIpc) is 2.96. The van der Waals surface area contributed by atoms with E-state index in [9.17, 15) is 29.4 Å². The molecule has 0 bridgehead atoms. The molecule has 1 aliphatic carbocycles. The molecule has 3 rings (SSSR count). The summed E-state index contributed by atoms with van der Waals surface area (Å²) < 4.78 is 0. The van der Waals surface area contributed by atoms with Crippen LogP contribution < -0.4 is 5.11 Å². The van der Waals surface area contributed by atoms with Crippen LogP contribution in [0.4, 0.5) is 0 Å². The third-order valence-corrected chi connectivity index (χ3v) is 3.55. The molecule has 0 saturated heterocycles. The van der Waals surface area contributed by atoms with Crippen molar-refractivity contribution in [3.63, 3.8) is 0 Å². The van der Waals surface area contributed by atoms with Crippen LogP contribution in [-0.2, 0) is 0 Å². The number of carbonyl (C=O) groups is 4. The summed E-state index contributed by atoms with van der Waals surface area (Å²) in [6.07, 6.45) is -2.15. The van der Waals surface area contributed by atoms with Gasteiger partial charge in [0.2, 0.25) is 0 Å². The van der Waals surface area contributed by atoms with Crippen LogP contribution >= 0.6 is 0 Å². The smallest absolute Gasteiger partial charge is 0.354 e. The fourth-order valence-corrected chi connectivity index (χ4v) is 2.52. The molecule has 0 fully saturated rings. The van der Waals surface area contributed by atoms with Gasteiger partial charge in [0, 0.05) is 16.8 Å². The summed E-state index contributed by atoms with van der Waals surface area (Å²) in [5.74, 6) is -5.54. The fraction of sp³-hybridized carbons (Fsp3) is 0.0714. The van der Waals surface area contributed by atoms with Crippen molar-refractivity contribution in [1.82, 2.24) is 9.97 Å². The van der Waals surface area contributed by atoms with Crippen molar-refractivity contribution in [2.45, 2.75) is 6.10 Å². The minimum Gasteiger partial charge on any atom is -0.842 e. The van der Waals surface area contributed by atoms with Gasteiger partial charge in [0.1, 0.15) is 11.4 Å². The van der Waals surface area contributed by atoms with Gasteiger partial charge in [0.05, 0.1) is 11.3 Å². The molecule has 10 nitrogen and oxygen atoms in total. The van der Waals surface area contributed by atoms with Crippen molar-refractivity contribution in [2.24, 2.45) is 0 Å². The summed E-state index contributed by atoms with van der Waals surface area (Å²) >= 11 is 0. The van der Waals surface area contributed by atoms with E-state index in [-0.39, 0.29) is 16.8 Å². The van der Waals surface area contributed by atoms with Crippen molar-refractivity contribution >= 4 is 23.7 Å². The van der Waals surface area contributed by atoms with Crippen LogP contribution in [0.3, 0.4) is 0 Å². The zero-order chi connectivity index (χ0) is 17.8. The maximum absolute atomic E-state index is 12.2. The second-order valence-corrected chi connectivity index (χ2v) is 4.95. The monoisotopic (exact) mass is 331 g/mol. The second-order valence-electron chi connectivity index (χ2n) is 4.95. The third-order valence-electron chi connectivity index (χ3n) is 3.55. The Labute approximate surface area is 132 Å². The number of Topliss-reactive ketones (excluding diaryl/α,β-unsaturated/α-hetero) is 1. The van der Waals surface area contributed by atoms with Crippen LogP contribution in [0.15, 0.2) is 12.1 Å². The average molecular weight is 331 g/mol. The zero-order valence-electron chi connectivity index (χ0n) is 11.6. The number of rotatable bonds is 3. The number of H-pyrrole nitrogens is 1. The molecule has 2 aromatic rings. The zero-order valence-corrected chi connectivity index (χ0v) is 11.6. The van der Waals surface area contributed by atoms with E-state index in [0.29, 0.717) is 0 Å². The van der Waals surface area contributed by atoms with Crippen LogP contribution in [0.5, 0.6) is 0 Å². The molecule has 0 amide bonds. The molecule has 2 aromatic heterocycles. The lowest BCUT2D eigenvalue weighted by molar-refractivity contribution is -0.405. The van der Waals surface area contributed by atoms with Crippen LogP contribution in [0.25, 0.3) is 11.3 Å². The van der Waals surface area contributed by atoms with Crippen molar-refractivity contribution in [3.8, 4) is 11.3 Å². The molecule has 122 valence electrons. The molecule has 4 N–H and O–H groups in total. The number of aromatic carboxylic acids is 3. The summed E-state index contributed by atoms with van der Waals surface area (Å²) in [5.41, 5.74) is -2.97. The third kappa shape index (κ3) is 2.05. The Morgan fingerprint density at radius 2 is 1.75 bits per heavy atom. The number of aromatic amines is 1. The number of nitrogens with one attached hydrogen (secondary N) is 1. The lowest BCUT2D eigenvalue weighted by Gasteiger charge is -2.28. The maximum Gasteiger partial charge on any atom is 0.354 e. The molecule has 0 aromatic carbocycles. The first-order valence-corrected chi connectivity index (χ1v) is 6.40. The number of carboxylic acids is 3. The standard InChI is InChI=1S/C14H7N2O8/c17-10-4-2-6(14(23)24)15-8(4)7-3(12(19)20)1-5(13(21)22)16-9(7)11(10)18/h1-2,11,15H,(H,19,20)(H,21,22)(H,23,24)/q-1. The Morgan fingerprint density at radius 3 is 2.29 bits per heavy atom. The number of carboxylic acid groups (broad SMARTS) is 3. The van der Waals surface area contributed by atoms with Gasteiger partial charge < -0.3 is 25.4 Å². The molecule has 2 heterocycles. The number of hydrogen-bond acceptors (Lipinski definition) is 6. The number of nitrogens with zero attached hydrogens (tertiary/aromatic N) is 1. The van der Waals surface area contributed by atoms with Gasteiger partial charge in [-0.2, -0.15) is 0 Å². The molecule has 0 radical (unpaired) electrons. The van der Waals surface area contributed by atoms with Crippen molar-refractivity contribution in [3.05, 3.63) is 40.3 Å². The molecule has 10 heteroatoms.